The fourth-order valence-corrected chi connectivity index (χ4v) is 0.863. The molecule has 1 amide bonds. The zero-order chi connectivity index (χ0) is 11.0. The maximum absolute atomic E-state index is 11.4. The minimum Gasteiger partial charge on any atom is -0.394 e. The predicted octanol–water partition coefficient (Wildman–Crippen LogP) is -0.938. The highest BCUT2D eigenvalue weighted by Gasteiger charge is 2.13. The first-order valence-corrected chi connectivity index (χ1v) is 4.69. The minimum absolute atomic E-state index is 0.0136. The van der Waals surface area contributed by atoms with E-state index in [0.717, 1.165) is 0 Å². The average Bonchev–Trinajstić information content (AvgIpc) is 2.21. The van der Waals surface area contributed by atoms with Crippen LogP contribution in [0, 0.1) is 0 Å². The van der Waals surface area contributed by atoms with Gasteiger partial charge in [-0.25, -0.2) is 0 Å². The van der Waals surface area contributed by atoms with Gasteiger partial charge in [0.25, 0.3) is 0 Å². The third kappa shape index (κ3) is 5.16. The molecule has 0 radical (unpaired) electrons. The van der Waals surface area contributed by atoms with Crippen LogP contribution in [0.1, 0.15) is 6.92 Å². The van der Waals surface area contributed by atoms with Crippen LogP contribution in [0.3, 0.4) is 0 Å². The van der Waals surface area contributed by atoms with Gasteiger partial charge in [0.1, 0.15) is 0 Å². The van der Waals surface area contributed by atoms with Gasteiger partial charge in [0.15, 0.2) is 0 Å². The van der Waals surface area contributed by atoms with Gasteiger partial charge >= 0.3 is 0 Å². The molecule has 0 aliphatic heterocycles. The lowest BCUT2D eigenvalue weighted by Crippen LogP contribution is -2.42. The molecule has 0 aliphatic carbocycles. The summed E-state index contributed by atoms with van der Waals surface area (Å²) in [7, 11) is 3.30. The molecule has 0 aliphatic rings. The van der Waals surface area contributed by atoms with Gasteiger partial charge in [-0.2, -0.15) is 0 Å². The quantitative estimate of drug-likeness (QED) is 0.526. The van der Waals surface area contributed by atoms with Gasteiger partial charge in [0, 0.05) is 20.7 Å². The Morgan fingerprint density at radius 2 is 2.29 bits per heavy atom. The number of nitrogens with zero attached hydrogens (tertiary/aromatic N) is 1. The van der Waals surface area contributed by atoms with Gasteiger partial charge in [-0.05, 0) is 6.92 Å². The molecule has 0 saturated heterocycles. The first kappa shape index (κ1) is 13.4. The molecule has 0 aromatic rings. The molecule has 0 spiro atoms. The number of hydrogen-bond donors (Lipinski definition) is 2. The molecule has 0 heterocycles. The third-order valence-corrected chi connectivity index (χ3v) is 2.08. The van der Waals surface area contributed by atoms with Crippen molar-refractivity contribution in [2.75, 3.05) is 40.5 Å². The SMILES string of the molecule is COCCNCC(=O)N(C)C(C)CO. The van der Waals surface area contributed by atoms with Gasteiger partial charge in [-0.15, -0.1) is 0 Å². The Labute approximate surface area is 85.0 Å². The zero-order valence-corrected chi connectivity index (χ0v) is 9.12. The molecular formula is C9H20N2O3. The molecule has 0 bridgehead atoms. The fourth-order valence-electron chi connectivity index (χ4n) is 0.863. The summed E-state index contributed by atoms with van der Waals surface area (Å²) in [6, 6.07) is -0.133. The van der Waals surface area contributed by atoms with E-state index in [1.165, 1.54) is 4.90 Å². The van der Waals surface area contributed by atoms with Crippen LogP contribution in [0.25, 0.3) is 0 Å². The second kappa shape index (κ2) is 7.73. The van der Waals surface area contributed by atoms with E-state index in [-0.39, 0.29) is 25.1 Å². The maximum Gasteiger partial charge on any atom is 0.236 e. The molecule has 1 unspecified atom stereocenters. The predicted molar refractivity (Wildman–Crippen MR) is 54.1 cm³/mol. The molecule has 14 heavy (non-hydrogen) atoms. The topological polar surface area (TPSA) is 61.8 Å². The molecule has 0 saturated carbocycles. The smallest absolute Gasteiger partial charge is 0.236 e. The van der Waals surface area contributed by atoms with E-state index < -0.39 is 0 Å². The number of carbonyl (C=O) groups is 1. The molecule has 0 fully saturated rings. The molecular weight excluding hydrogens is 184 g/mol. The molecule has 5 heteroatoms. The van der Waals surface area contributed by atoms with Gasteiger partial charge in [-0.3, -0.25) is 4.79 Å². The molecule has 84 valence electrons. The zero-order valence-electron chi connectivity index (χ0n) is 9.12. The van der Waals surface area contributed by atoms with E-state index >= 15 is 0 Å². The Morgan fingerprint density at radius 1 is 1.64 bits per heavy atom. The highest BCUT2D eigenvalue weighted by atomic mass is 16.5. The number of likely N-dealkylation sites (N-methyl/N-ethyl adjacent to an activating group) is 1. The van der Waals surface area contributed by atoms with Crippen LogP contribution in [-0.4, -0.2) is 62.4 Å². The lowest BCUT2D eigenvalue weighted by atomic mass is 10.3. The summed E-state index contributed by atoms with van der Waals surface area (Å²) in [6.45, 7) is 3.31. The summed E-state index contributed by atoms with van der Waals surface area (Å²) in [6.07, 6.45) is 0. The van der Waals surface area contributed by atoms with E-state index in [1.54, 1.807) is 21.1 Å². The molecule has 0 aromatic carbocycles. The molecule has 0 aromatic heterocycles. The van der Waals surface area contributed by atoms with E-state index in [1.807, 2.05) is 0 Å². The average molecular weight is 204 g/mol. The highest BCUT2D eigenvalue weighted by Crippen LogP contribution is 1.93. The summed E-state index contributed by atoms with van der Waals surface area (Å²) in [5.41, 5.74) is 0. The maximum atomic E-state index is 11.4. The number of amides is 1. The van der Waals surface area contributed by atoms with E-state index in [0.29, 0.717) is 13.2 Å². The summed E-state index contributed by atoms with van der Waals surface area (Å²) in [5.74, 6) is -0.0253. The first-order chi connectivity index (χ1) is 6.63. The summed E-state index contributed by atoms with van der Waals surface area (Å²) in [5, 5.41) is 11.8. The number of aliphatic hydroxyl groups is 1. The number of ether oxygens (including phenoxy) is 1. The van der Waals surface area contributed by atoms with Crippen LogP contribution in [0.4, 0.5) is 0 Å². The van der Waals surface area contributed by atoms with Crippen LogP contribution < -0.4 is 5.32 Å². The van der Waals surface area contributed by atoms with Crippen molar-refractivity contribution in [1.82, 2.24) is 10.2 Å². The van der Waals surface area contributed by atoms with E-state index in [9.17, 15) is 4.79 Å². The van der Waals surface area contributed by atoms with E-state index in [4.69, 9.17) is 9.84 Å². The standard InChI is InChI=1S/C9H20N2O3/c1-8(7-12)11(2)9(13)6-10-4-5-14-3/h8,10,12H,4-7H2,1-3H3. The van der Waals surface area contributed by atoms with Gasteiger partial charge in [0.2, 0.25) is 5.91 Å². The van der Waals surface area contributed by atoms with E-state index in [2.05, 4.69) is 5.32 Å². The fraction of sp³-hybridized carbons (Fsp3) is 0.889. The highest BCUT2D eigenvalue weighted by molar-refractivity contribution is 5.78. The Morgan fingerprint density at radius 3 is 2.79 bits per heavy atom. The summed E-state index contributed by atoms with van der Waals surface area (Å²) < 4.78 is 4.83. The van der Waals surface area contributed by atoms with Crippen molar-refractivity contribution < 1.29 is 14.6 Å². The van der Waals surface area contributed by atoms with Crippen LogP contribution in [0.15, 0.2) is 0 Å². The normalized spacial score (nSPS) is 12.6. The Hall–Kier alpha value is -0.650. The summed E-state index contributed by atoms with van der Waals surface area (Å²) >= 11 is 0. The van der Waals surface area contributed by atoms with Crippen LogP contribution in [0.2, 0.25) is 0 Å². The molecule has 1 atom stereocenters. The van der Waals surface area contributed by atoms with Crippen LogP contribution in [-0.2, 0) is 9.53 Å². The number of aliphatic hydroxyl groups excluding tert-OH is 1. The van der Waals surface area contributed by atoms with Crippen LogP contribution >= 0.6 is 0 Å². The number of nitrogens with one attached hydrogen (secondary N) is 1. The molecule has 2 N–H and O–H groups in total. The van der Waals surface area contributed by atoms with Crippen molar-refractivity contribution in [2.45, 2.75) is 13.0 Å². The van der Waals surface area contributed by atoms with Crippen molar-refractivity contribution in [3.63, 3.8) is 0 Å². The lowest BCUT2D eigenvalue weighted by Gasteiger charge is -2.23. The van der Waals surface area contributed by atoms with Crippen LogP contribution in [0.5, 0.6) is 0 Å². The van der Waals surface area contributed by atoms with Gasteiger partial charge in [0.05, 0.1) is 25.8 Å². The first-order valence-electron chi connectivity index (χ1n) is 4.69. The number of rotatable bonds is 7. The lowest BCUT2D eigenvalue weighted by molar-refractivity contribution is -0.131. The van der Waals surface area contributed by atoms with Crippen molar-refractivity contribution in [1.29, 1.82) is 0 Å². The van der Waals surface area contributed by atoms with Crippen molar-refractivity contribution in [3.8, 4) is 0 Å². The number of methoxy groups -OCH3 is 1. The monoisotopic (exact) mass is 204 g/mol. The Kier molecular flexibility index (Phi) is 7.37. The molecule has 0 rings (SSSR count). The van der Waals surface area contributed by atoms with Crippen molar-refractivity contribution in [3.05, 3.63) is 0 Å². The minimum atomic E-state index is -0.133. The molecule has 5 nitrogen and oxygen atoms in total. The van der Waals surface area contributed by atoms with Crippen molar-refractivity contribution in [2.24, 2.45) is 0 Å². The van der Waals surface area contributed by atoms with Crippen molar-refractivity contribution >= 4 is 5.91 Å². The van der Waals surface area contributed by atoms with Gasteiger partial charge < -0.3 is 20.1 Å². The van der Waals surface area contributed by atoms with Gasteiger partial charge in [-0.1, -0.05) is 0 Å². The number of hydrogen-bond acceptors (Lipinski definition) is 4. The number of carbonyl (C=O) groups excluding carboxylic acids is 1. The Bertz CT molecular complexity index is 164. The second-order valence-corrected chi connectivity index (χ2v) is 3.21. The summed E-state index contributed by atoms with van der Waals surface area (Å²) in [4.78, 5) is 12.9. The Balaban J connectivity index is 3.62. The second-order valence-electron chi connectivity index (χ2n) is 3.21. The largest absolute Gasteiger partial charge is 0.394 e. The third-order valence-electron chi connectivity index (χ3n) is 2.08.